The zero-order chi connectivity index (χ0) is 15.3. The summed E-state index contributed by atoms with van der Waals surface area (Å²) in [6, 6.07) is 7.13. The maximum Gasteiger partial charge on any atom is 0.275 e. The van der Waals surface area contributed by atoms with Crippen molar-refractivity contribution in [3.63, 3.8) is 0 Å². The first-order valence-corrected chi connectivity index (χ1v) is 8.86. The van der Waals surface area contributed by atoms with Gasteiger partial charge in [0.2, 0.25) is 5.91 Å². The van der Waals surface area contributed by atoms with Gasteiger partial charge in [0.05, 0.1) is 16.2 Å². The zero-order valence-electron chi connectivity index (χ0n) is 12.2. The van der Waals surface area contributed by atoms with Crippen LogP contribution in [0.1, 0.15) is 36.6 Å². The van der Waals surface area contributed by atoms with E-state index < -0.39 is 0 Å². The number of rotatable bonds is 3. The van der Waals surface area contributed by atoms with Crippen LogP contribution >= 0.6 is 11.8 Å². The van der Waals surface area contributed by atoms with Crippen LogP contribution < -0.4 is 0 Å². The fourth-order valence-electron chi connectivity index (χ4n) is 4.45. The van der Waals surface area contributed by atoms with E-state index in [4.69, 9.17) is 0 Å². The molecular weight excluding hydrogens is 300 g/mol. The van der Waals surface area contributed by atoms with E-state index in [-0.39, 0.29) is 27.9 Å². The number of hydrogen-bond acceptors (Lipinski definition) is 4. The molecule has 3 aliphatic rings. The van der Waals surface area contributed by atoms with Crippen molar-refractivity contribution in [1.82, 2.24) is 4.90 Å². The number of carbonyl (C=O) groups is 1. The molecule has 0 radical (unpaired) electrons. The highest BCUT2D eigenvalue weighted by Crippen LogP contribution is 2.52. The molecule has 0 N–H and O–H groups in total. The number of fused-ring (bicyclic) bond motifs is 2. The van der Waals surface area contributed by atoms with Crippen LogP contribution in [0.15, 0.2) is 24.3 Å². The van der Waals surface area contributed by atoms with Gasteiger partial charge in [-0.15, -0.1) is 11.8 Å². The molecule has 0 aromatic heterocycles. The van der Waals surface area contributed by atoms with E-state index in [9.17, 15) is 14.9 Å². The Morgan fingerprint density at radius 1 is 1.23 bits per heavy atom. The average molecular weight is 318 g/mol. The Morgan fingerprint density at radius 2 is 2.05 bits per heavy atom. The Bertz CT molecular complexity index is 636. The highest BCUT2D eigenvalue weighted by Gasteiger charge is 2.49. The summed E-state index contributed by atoms with van der Waals surface area (Å²) >= 11 is 1.53. The van der Waals surface area contributed by atoms with Crippen LogP contribution in [0.4, 0.5) is 5.69 Å². The molecule has 4 rings (SSSR count). The topological polar surface area (TPSA) is 63.4 Å². The van der Waals surface area contributed by atoms with Gasteiger partial charge >= 0.3 is 0 Å². The van der Waals surface area contributed by atoms with Crippen molar-refractivity contribution in [3.8, 4) is 0 Å². The zero-order valence-corrected chi connectivity index (χ0v) is 13.0. The number of benzene rings is 1. The second-order valence-corrected chi connectivity index (χ2v) is 7.59. The van der Waals surface area contributed by atoms with Gasteiger partial charge in [-0.2, -0.15) is 0 Å². The van der Waals surface area contributed by atoms with Gasteiger partial charge in [-0.05, 0) is 37.2 Å². The van der Waals surface area contributed by atoms with Crippen LogP contribution in [-0.2, 0) is 4.79 Å². The molecule has 1 aromatic rings. The van der Waals surface area contributed by atoms with E-state index in [0.717, 1.165) is 12.3 Å². The van der Waals surface area contributed by atoms with Crippen molar-refractivity contribution in [2.45, 2.75) is 37.1 Å². The Morgan fingerprint density at radius 3 is 2.73 bits per heavy atom. The molecule has 2 bridgehead atoms. The van der Waals surface area contributed by atoms with Crippen molar-refractivity contribution in [2.75, 3.05) is 5.75 Å². The Kier molecular flexibility index (Phi) is 3.36. The molecule has 1 aliphatic heterocycles. The predicted octanol–water partition coefficient (Wildman–Crippen LogP) is 3.36. The van der Waals surface area contributed by atoms with Crippen LogP contribution in [0, 0.1) is 22.0 Å². The number of nitro benzene ring substituents is 1. The molecule has 5 nitrogen and oxygen atoms in total. The van der Waals surface area contributed by atoms with Crippen LogP contribution in [0.2, 0.25) is 0 Å². The first-order valence-electron chi connectivity index (χ1n) is 7.81. The summed E-state index contributed by atoms with van der Waals surface area (Å²) in [6.07, 6.45) is 4.79. The highest BCUT2D eigenvalue weighted by atomic mass is 32.2. The van der Waals surface area contributed by atoms with E-state index >= 15 is 0 Å². The minimum absolute atomic E-state index is 0.128. The Labute approximate surface area is 133 Å². The molecule has 0 unspecified atom stereocenters. The normalized spacial score (nSPS) is 33.6. The number of nitro groups is 1. The van der Waals surface area contributed by atoms with Crippen LogP contribution in [0.3, 0.4) is 0 Å². The summed E-state index contributed by atoms with van der Waals surface area (Å²) in [5.41, 5.74) is 0.800. The molecule has 4 atom stereocenters. The summed E-state index contributed by atoms with van der Waals surface area (Å²) in [6.45, 7) is 0. The first kappa shape index (κ1) is 14.1. The highest BCUT2D eigenvalue weighted by molar-refractivity contribution is 8.00. The minimum atomic E-state index is -0.336. The fraction of sp³-hybridized carbons (Fsp3) is 0.562. The second kappa shape index (κ2) is 5.26. The fourth-order valence-corrected chi connectivity index (χ4v) is 5.71. The smallest absolute Gasteiger partial charge is 0.275 e. The molecule has 0 spiro atoms. The second-order valence-electron chi connectivity index (χ2n) is 6.52. The molecule has 2 saturated carbocycles. The van der Waals surface area contributed by atoms with Gasteiger partial charge < -0.3 is 4.90 Å². The lowest BCUT2D eigenvalue weighted by molar-refractivity contribution is -0.385. The first-order chi connectivity index (χ1) is 10.6. The lowest BCUT2D eigenvalue weighted by atomic mass is 9.93. The standard InChI is InChI=1S/C16H18N2O3S/c19-15-9-22-16(12-3-1-2-4-13(12)18(20)21)17(15)14-8-10-5-6-11(14)7-10/h1-4,10-11,14,16H,5-9H2/t10-,11+,14+,16-/m1/s1. The molecule has 1 heterocycles. The number of thioether (sulfide) groups is 1. The van der Waals surface area contributed by atoms with E-state index in [0.29, 0.717) is 17.2 Å². The number of carbonyl (C=O) groups excluding carboxylic acids is 1. The summed E-state index contributed by atoms with van der Waals surface area (Å²) in [5, 5.41) is 11.1. The molecule has 116 valence electrons. The van der Waals surface area contributed by atoms with Crippen molar-refractivity contribution in [3.05, 3.63) is 39.9 Å². The Hall–Kier alpha value is -1.56. The van der Waals surface area contributed by atoms with Crippen molar-refractivity contribution in [2.24, 2.45) is 11.8 Å². The SMILES string of the molecule is O=C1CS[C@H](c2ccccc2[N+](=O)[O-])N1[C@H]1C[C@@H]2CC[C@H]1C2. The lowest BCUT2D eigenvalue weighted by Crippen LogP contribution is -2.41. The third-order valence-corrected chi connectivity index (χ3v) is 6.57. The maximum absolute atomic E-state index is 12.4. The molecule has 2 aliphatic carbocycles. The third kappa shape index (κ3) is 2.12. The summed E-state index contributed by atoms with van der Waals surface area (Å²) in [7, 11) is 0. The van der Waals surface area contributed by atoms with Crippen molar-refractivity contribution >= 4 is 23.4 Å². The van der Waals surface area contributed by atoms with E-state index in [2.05, 4.69) is 0 Å². The molecule has 3 fully saturated rings. The predicted molar refractivity (Wildman–Crippen MR) is 84.4 cm³/mol. The Balaban J connectivity index is 1.69. The third-order valence-electron chi connectivity index (χ3n) is 5.36. The van der Waals surface area contributed by atoms with E-state index in [1.165, 1.54) is 37.1 Å². The van der Waals surface area contributed by atoms with Gasteiger partial charge in [0.15, 0.2) is 0 Å². The molecule has 1 saturated heterocycles. The van der Waals surface area contributed by atoms with E-state index in [1.807, 2.05) is 11.0 Å². The summed E-state index contributed by atoms with van der Waals surface area (Å²) < 4.78 is 0. The van der Waals surface area contributed by atoms with Gasteiger partial charge in [-0.25, -0.2) is 0 Å². The number of amides is 1. The van der Waals surface area contributed by atoms with Gasteiger partial charge in [-0.3, -0.25) is 14.9 Å². The molecule has 1 aromatic carbocycles. The molecular formula is C16H18N2O3S. The number of nitrogens with zero attached hydrogens (tertiary/aromatic N) is 2. The van der Waals surface area contributed by atoms with Crippen LogP contribution in [0.5, 0.6) is 0 Å². The maximum atomic E-state index is 12.4. The van der Waals surface area contributed by atoms with Crippen molar-refractivity contribution in [1.29, 1.82) is 0 Å². The van der Waals surface area contributed by atoms with Crippen LogP contribution in [0.25, 0.3) is 0 Å². The molecule has 1 amide bonds. The van der Waals surface area contributed by atoms with Gasteiger partial charge in [-0.1, -0.05) is 18.6 Å². The van der Waals surface area contributed by atoms with Crippen molar-refractivity contribution < 1.29 is 9.72 Å². The molecule has 22 heavy (non-hydrogen) atoms. The minimum Gasteiger partial charge on any atom is -0.322 e. The quantitative estimate of drug-likeness (QED) is 0.633. The monoisotopic (exact) mass is 318 g/mol. The van der Waals surface area contributed by atoms with Gasteiger partial charge in [0.1, 0.15) is 5.37 Å². The summed E-state index contributed by atoms with van der Waals surface area (Å²) in [5.74, 6) is 1.92. The largest absolute Gasteiger partial charge is 0.322 e. The van der Waals surface area contributed by atoms with E-state index in [1.54, 1.807) is 12.1 Å². The summed E-state index contributed by atoms with van der Waals surface area (Å²) in [4.78, 5) is 25.4. The van der Waals surface area contributed by atoms with Crippen LogP contribution in [-0.4, -0.2) is 27.5 Å². The van der Waals surface area contributed by atoms with Gasteiger partial charge in [0, 0.05) is 12.1 Å². The van der Waals surface area contributed by atoms with Gasteiger partial charge in [0.25, 0.3) is 5.69 Å². The average Bonchev–Trinajstić information content (AvgIpc) is 3.21. The number of hydrogen-bond donors (Lipinski definition) is 0. The lowest BCUT2D eigenvalue weighted by Gasteiger charge is -2.35. The number of para-hydroxylation sites is 1. The molecule has 6 heteroatoms.